The molecule has 1 saturated carbocycles. The number of hydrogen-bond donors (Lipinski definition) is 1. The van der Waals surface area contributed by atoms with Crippen LogP contribution in [0.4, 0.5) is 0 Å². The predicted octanol–water partition coefficient (Wildman–Crippen LogP) is 1.08. The van der Waals surface area contributed by atoms with Crippen molar-refractivity contribution in [3.8, 4) is 5.75 Å². The van der Waals surface area contributed by atoms with Crippen LogP contribution in [0.2, 0.25) is 0 Å². The van der Waals surface area contributed by atoms with Gasteiger partial charge in [0.15, 0.2) is 0 Å². The van der Waals surface area contributed by atoms with Crippen molar-refractivity contribution in [2.45, 2.75) is 18.3 Å². The summed E-state index contributed by atoms with van der Waals surface area (Å²) in [5.74, 6) is 0.866. The number of pyridine rings is 1. The lowest BCUT2D eigenvalue weighted by Crippen LogP contribution is -2.20. The summed E-state index contributed by atoms with van der Waals surface area (Å²) in [6.07, 6.45) is 5.90. The first kappa shape index (κ1) is 8.51. The van der Waals surface area contributed by atoms with Gasteiger partial charge in [0, 0.05) is 23.7 Å². The average Bonchev–Trinajstić information content (AvgIpc) is 2.98. The number of aromatic nitrogens is 1. The standard InChI is InChI=1S/C10H14N2O/c1-13-9-6-12-5-2-8(9)10(7-11)3-4-10/h2,5-6H,3-4,7,11H2,1H3. The molecule has 1 aliphatic carbocycles. The van der Waals surface area contributed by atoms with Crippen molar-refractivity contribution >= 4 is 0 Å². The molecule has 0 saturated heterocycles. The van der Waals surface area contributed by atoms with E-state index in [1.807, 2.05) is 6.07 Å². The second-order valence-corrected chi connectivity index (χ2v) is 3.56. The fourth-order valence-corrected chi connectivity index (χ4v) is 1.72. The van der Waals surface area contributed by atoms with E-state index in [1.165, 1.54) is 18.4 Å². The quantitative estimate of drug-likeness (QED) is 0.753. The summed E-state index contributed by atoms with van der Waals surface area (Å²) in [4.78, 5) is 4.03. The maximum atomic E-state index is 5.75. The van der Waals surface area contributed by atoms with Gasteiger partial charge in [-0.1, -0.05) is 0 Å². The molecule has 0 aliphatic heterocycles. The van der Waals surface area contributed by atoms with Crippen LogP contribution in [-0.4, -0.2) is 18.6 Å². The second kappa shape index (κ2) is 3.00. The molecule has 3 nitrogen and oxygen atoms in total. The lowest BCUT2D eigenvalue weighted by molar-refractivity contribution is 0.402. The van der Waals surface area contributed by atoms with Gasteiger partial charge in [-0.2, -0.15) is 0 Å². The number of rotatable bonds is 3. The fraction of sp³-hybridized carbons (Fsp3) is 0.500. The van der Waals surface area contributed by atoms with Crippen molar-refractivity contribution in [1.29, 1.82) is 0 Å². The van der Waals surface area contributed by atoms with Crippen LogP contribution < -0.4 is 10.5 Å². The van der Waals surface area contributed by atoms with Crippen molar-refractivity contribution in [3.05, 3.63) is 24.0 Å². The number of methoxy groups -OCH3 is 1. The van der Waals surface area contributed by atoms with Crippen molar-refractivity contribution in [1.82, 2.24) is 4.98 Å². The molecule has 70 valence electrons. The van der Waals surface area contributed by atoms with E-state index in [1.54, 1.807) is 19.5 Å². The Hall–Kier alpha value is -1.09. The highest BCUT2D eigenvalue weighted by Gasteiger charge is 2.44. The molecule has 0 aromatic carbocycles. The summed E-state index contributed by atoms with van der Waals surface area (Å²) in [5.41, 5.74) is 7.15. The Labute approximate surface area is 77.9 Å². The van der Waals surface area contributed by atoms with E-state index in [0.29, 0.717) is 6.54 Å². The molecule has 0 unspecified atom stereocenters. The monoisotopic (exact) mass is 178 g/mol. The van der Waals surface area contributed by atoms with Crippen molar-refractivity contribution in [2.24, 2.45) is 5.73 Å². The molecule has 1 aliphatic rings. The van der Waals surface area contributed by atoms with Crippen LogP contribution in [0.1, 0.15) is 18.4 Å². The Morgan fingerprint density at radius 3 is 2.92 bits per heavy atom. The van der Waals surface area contributed by atoms with Gasteiger partial charge in [-0.15, -0.1) is 0 Å². The molecule has 1 aromatic rings. The maximum absolute atomic E-state index is 5.75. The molecule has 2 N–H and O–H groups in total. The Bertz CT molecular complexity index is 308. The van der Waals surface area contributed by atoms with Gasteiger partial charge in [0.1, 0.15) is 5.75 Å². The minimum atomic E-state index is 0.189. The normalized spacial score (nSPS) is 18.3. The molecule has 0 amide bonds. The zero-order valence-electron chi connectivity index (χ0n) is 7.79. The van der Waals surface area contributed by atoms with Gasteiger partial charge >= 0.3 is 0 Å². The molecule has 1 fully saturated rings. The summed E-state index contributed by atoms with van der Waals surface area (Å²) in [7, 11) is 1.67. The lowest BCUT2D eigenvalue weighted by atomic mass is 9.96. The van der Waals surface area contributed by atoms with E-state index in [9.17, 15) is 0 Å². The van der Waals surface area contributed by atoms with Gasteiger partial charge in [0.2, 0.25) is 0 Å². The SMILES string of the molecule is COc1cnccc1C1(CN)CC1. The van der Waals surface area contributed by atoms with E-state index < -0.39 is 0 Å². The molecule has 2 rings (SSSR count). The van der Waals surface area contributed by atoms with Crippen LogP contribution in [0.25, 0.3) is 0 Å². The number of nitrogens with two attached hydrogens (primary N) is 1. The zero-order chi connectivity index (χ0) is 9.31. The average molecular weight is 178 g/mol. The van der Waals surface area contributed by atoms with Crippen molar-refractivity contribution < 1.29 is 4.74 Å². The molecule has 1 heterocycles. The molecule has 0 atom stereocenters. The van der Waals surface area contributed by atoms with Crippen LogP contribution in [0, 0.1) is 0 Å². The second-order valence-electron chi connectivity index (χ2n) is 3.56. The van der Waals surface area contributed by atoms with Crippen LogP contribution in [0.15, 0.2) is 18.5 Å². The first-order valence-electron chi connectivity index (χ1n) is 4.51. The van der Waals surface area contributed by atoms with Crippen LogP contribution >= 0.6 is 0 Å². The van der Waals surface area contributed by atoms with E-state index in [2.05, 4.69) is 4.98 Å². The maximum Gasteiger partial charge on any atom is 0.140 e. The Balaban J connectivity index is 2.39. The summed E-state index contributed by atoms with van der Waals surface area (Å²) < 4.78 is 5.26. The smallest absolute Gasteiger partial charge is 0.140 e. The van der Waals surface area contributed by atoms with Crippen LogP contribution in [-0.2, 0) is 5.41 Å². The summed E-state index contributed by atoms with van der Waals surface area (Å²) in [5, 5.41) is 0. The van der Waals surface area contributed by atoms with E-state index in [4.69, 9.17) is 10.5 Å². The van der Waals surface area contributed by atoms with Gasteiger partial charge in [0.05, 0.1) is 13.3 Å². The van der Waals surface area contributed by atoms with Gasteiger partial charge < -0.3 is 10.5 Å². The molecule has 1 aromatic heterocycles. The fourth-order valence-electron chi connectivity index (χ4n) is 1.72. The molecular weight excluding hydrogens is 164 g/mol. The Morgan fingerprint density at radius 1 is 1.62 bits per heavy atom. The zero-order valence-corrected chi connectivity index (χ0v) is 7.79. The minimum Gasteiger partial charge on any atom is -0.495 e. The molecule has 0 spiro atoms. The largest absolute Gasteiger partial charge is 0.495 e. The van der Waals surface area contributed by atoms with Crippen molar-refractivity contribution in [2.75, 3.05) is 13.7 Å². The molecule has 3 heteroatoms. The van der Waals surface area contributed by atoms with E-state index in [0.717, 1.165) is 5.75 Å². The minimum absolute atomic E-state index is 0.189. The lowest BCUT2D eigenvalue weighted by Gasteiger charge is -2.15. The third-order valence-corrected chi connectivity index (χ3v) is 2.82. The highest BCUT2D eigenvalue weighted by Crippen LogP contribution is 2.49. The Kier molecular flexibility index (Phi) is 1.96. The summed E-state index contributed by atoms with van der Waals surface area (Å²) in [6.45, 7) is 0.702. The molecular formula is C10H14N2O. The van der Waals surface area contributed by atoms with Crippen LogP contribution in [0.5, 0.6) is 5.75 Å². The number of hydrogen-bond acceptors (Lipinski definition) is 3. The van der Waals surface area contributed by atoms with Crippen molar-refractivity contribution in [3.63, 3.8) is 0 Å². The third-order valence-electron chi connectivity index (χ3n) is 2.82. The van der Waals surface area contributed by atoms with Crippen LogP contribution in [0.3, 0.4) is 0 Å². The number of nitrogens with zero attached hydrogens (tertiary/aromatic N) is 1. The van der Waals surface area contributed by atoms with E-state index >= 15 is 0 Å². The first-order valence-corrected chi connectivity index (χ1v) is 4.51. The predicted molar refractivity (Wildman–Crippen MR) is 50.8 cm³/mol. The van der Waals surface area contributed by atoms with Gasteiger partial charge in [0.25, 0.3) is 0 Å². The summed E-state index contributed by atoms with van der Waals surface area (Å²) in [6, 6.07) is 2.01. The highest BCUT2D eigenvalue weighted by molar-refractivity contribution is 5.41. The van der Waals surface area contributed by atoms with Gasteiger partial charge in [-0.05, 0) is 18.9 Å². The van der Waals surface area contributed by atoms with Gasteiger partial charge in [-0.3, -0.25) is 4.98 Å². The molecule has 13 heavy (non-hydrogen) atoms. The topological polar surface area (TPSA) is 48.1 Å². The molecule has 0 radical (unpaired) electrons. The Morgan fingerprint density at radius 2 is 2.38 bits per heavy atom. The van der Waals surface area contributed by atoms with E-state index in [-0.39, 0.29) is 5.41 Å². The summed E-state index contributed by atoms with van der Waals surface area (Å²) >= 11 is 0. The molecule has 0 bridgehead atoms. The first-order chi connectivity index (χ1) is 6.32. The number of ether oxygens (including phenoxy) is 1. The third kappa shape index (κ3) is 1.29. The van der Waals surface area contributed by atoms with Gasteiger partial charge in [-0.25, -0.2) is 0 Å². The highest BCUT2D eigenvalue weighted by atomic mass is 16.5.